The van der Waals surface area contributed by atoms with Crippen molar-refractivity contribution in [2.24, 2.45) is 5.73 Å². The molecule has 26 heavy (non-hydrogen) atoms. The van der Waals surface area contributed by atoms with Crippen LogP contribution in [0.1, 0.15) is 111 Å². The monoisotopic (exact) mass is 372 g/mol. The highest BCUT2D eigenvalue weighted by Crippen LogP contribution is 2.11. The van der Waals surface area contributed by atoms with Gasteiger partial charge in [-0.3, -0.25) is 9.59 Å². The molecule has 0 saturated carbocycles. The summed E-state index contributed by atoms with van der Waals surface area (Å²) in [7, 11) is 0. The molecule has 0 bridgehead atoms. The van der Waals surface area contributed by atoms with Crippen molar-refractivity contribution in [2.75, 3.05) is 6.54 Å². The first-order chi connectivity index (χ1) is 12.3. The van der Waals surface area contributed by atoms with Gasteiger partial charge in [-0.2, -0.15) is 0 Å². The quantitative estimate of drug-likeness (QED) is 0.332. The second-order valence-electron chi connectivity index (χ2n) is 7.61. The third-order valence-corrected chi connectivity index (χ3v) is 4.38. The van der Waals surface area contributed by atoms with Crippen LogP contribution in [-0.4, -0.2) is 29.1 Å². The summed E-state index contributed by atoms with van der Waals surface area (Å²) in [4.78, 5) is 20.9. The Morgan fingerprint density at radius 2 is 1.23 bits per heavy atom. The first kappa shape index (κ1) is 27.1. The first-order valence-electron chi connectivity index (χ1n) is 10.5. The number of primary amides is 1. The number of carboxylic acid groups (broad SMARTS) is 1. The minimum atomic E-state index is -0.805. The summed E-state index contributed by atoms with van der Waals surface area (Å²) in [5.74, 6) is -0.961. The maximum absolute atomic E-state index is 10.5. The van der Waals surface area contributed by atoms with Crippen LogP contribution >= 0.6 is 0 Å². The molecule has 0 saturated heterocycles. The fourth-order valence-corrected chi connectivity index (χ4v) is 2.48. The highest BCUT2D eigenvalue weighted by Gasteiger charge is 2.25. The molecular weight excluding hydrogens is 328 g/mol. The summed E-state index contributed by atoms with van der Waals surface area (Å²) in [6.45, 7) is 8.33. The lowest BCUT2D eigenvalue weighted by atomic mass is 10.1. The molecule has 0 aliphatic carbocycles. The topological polar surface area (TPSA) is 92.4 Å². The Labute approximate surface area is 161 Å². The normalized spacial score (nSPS) is 10.9. The predicted octanol–water partition coefficient (Wildman–Crippen LogP) is 5.02. The molecule has 5 nitrogen and oxygen atoms in total. The summed E-state index contributed by atoms with van der Waals surface area (Å²) in [6.07, 6.45) is 16.0. The van der Waals surface area contributed by atoms with Crippen LogP contribution in [0, 0.1) is 0 Å². The summed E-state index contributed by atoms with van der Waals surface area (Å²) in [6, 6.07) is 0. The summed E-state index contributed by atoms with van der Waals surface area (Å²) >= 11 is 0. The molecule has 0 aromatic heterocycles. The zero-order valence-electron chi connectivity index (χ0n) is 17.7. The minimum Gasteiger partial charge on any atom is -0.480 e. The van der Waals surface area contributed by atoms with E-state index in [-0.39, 0.29) is 5.91 Å². The van der Waals surface area contributed by atoms with Gasteiger partial charge in [-0.1, -0.05) is 78.1 Å². The largest absolute Gasteiger partial charge is 0.480 e. The molecular formula is C21H44N2O3. The van der Waals surface area contributed by atoms with Crippen molar-refractivity contribution in [1.29, 1.82) is 0 Å². The van der Waals surface area contributed by atoms with Crippen molar-refractivity contribution in [3.8, 4) is 0 Å². The predicted molar refractivity (Wildman–Crippen MR) is 110 cm³/mol. The maximum atomic E-state index is 10.5. The van der Waals surface area contributed by atoms with Crippen LogP contribution in [0.15, 0.2) is 0 Å². The van der Waals surface area contributed by atoms with E-state index in [1.165, 1.54) is 64.2 Å². The van der Waals surface area contributed by atoms with Gasteiger partial charge < -0.3 is 16.2 Å². The summed E-state index contributed by atoms with van der Waals surface area (Å²) in [5.41, 5.74) is 4.29. The molecule has 0 radical (unpaired) electrons. The molecule has 0 atom stereocenters. The van der Waals surface area contributed by atoms with Crippen molar-refractivity contribution >= 4 is 11.9 Å². The highest BCUT2D eigenvalue weighted by atomic mass is 16.4. The molecule has 0 aliphatic rings. The first-order valence-corrected chi connectivity index (χ1v) is 10.5. The summed E-state index contributed by atoms with van der Waals surface area (Å²) < 4.78 is 0. The average molecular weight is 373 g/mol. The molecule has 0 fully saturated rings. The van der Waals surface area contributed by atoms with Gasteiger partial charge in [0.05, 0.1) is 0 Å². The SMILES string of the molecule is CCCCCCCCCCCCCC(N)=O.CCCNC(C)(C)C(=O)O. The van der Waals surface area contributed by atoms with Crippen molar-refractivity contribution in [3.05, 3.63) is 0 Å². The summed E-state index contributed by atoms with van der Waals surface area (Å²) in [5, 5.41) is 11.5. The number of hydrogen-bond donors (Lipinski definition) is 3. The Hall–Kier alpha value is -1.10. The van der Waals surface area contributed by atoms with Crippen LogP contribution in [0.2, 0.25) is 0 Å². The van der Waals surface area contributed by atoms with E-state index in [2.05, 4.69) is 12.2 Å². The van der Waals surface area contributed by atoms with Gasteiger partial charge in [-0.25, -0.2) is 0 Å². The number of aliphatic carboxylic acids is 1. The Kier molecular flexibility index (Phi) is 19.5. The van der Waals surface area contributed by atoms with Crippen LogP contribution in [-0.2, 0) is 9.59 Å². The van der Waals surface area contributed by atoms with Gasteiger partial charge in [0, 0.05) is 6.42 Å². The zero-order valence-corrected chi connectivity index (χ0v) is 17.7. The van der Waals surface area contributed by atoms with E-state index in [1.807, 2.05) is 6.92 Å². The van der Waals surface area contributed by atoms with E-state index in [0.29, 0.717) is 6.42 Å². The Morgan fingerprint density at radius 1 is 0.808 bits per heavy atom. The van der Waals surface area contributed by atoms with Gasteiger partial charge in [0.15, 0.2) is 0 Å². The lowest BCUT2D eigenvalue weighted by Gasteiger charge is -2.20. The van der Waals surface area contributed by atoms with E-state index in [4.69, 9.17) is 10.8 Å². The van der Waals surface area contributed by atoms with Crippen molar-refractivity contribution in [3.63, 3.8) is 0 Å². The zero-order chi connectivity index (χ0) is 20.3. The van der Waals surface area contributed by atoms with Gasteiger partial charge in [0.25, 0.3) is 0 Å². The number of unbranched alkanes of at least 4 members (excludes halogenated alkanes) is 10. The molecule has 0 rings (SSSR count). The van der Waals surface area contributed by atoms with Gasteiger partial charge in [-0.15, -0.1) is 0 Å². The Bertz CT molecular complexity index is 344. The van der Waals surface area contributed by atoms with Crippen LogP contribution in [0.3, 0.4) is 0 Å². The Balaban J connectivity index is 0. The van der Waals surface area contributed by atoms with Crippen LogP contribution < -0.4 is 11.1 Å². The highest BCUT2D eigenvalue weighted by molar-refractivity contribution is 5.77. The molecule has 0 heterocycles. The van der Waals surface area contributed by atoms with Crippen LogP contribution in [0.25, 0.3) is 0 Å². The number of carbonyl (C=O) groups is 2. The lowest BCUT2D eigenvalue weighted by Crippen LogP contribution is -2.46. The van der Waals surface area contributed by atoms with Gasteiger partial charge in [0.1, 0.15) is 5.54 Å². The van der Waals surface area contributed by atoms with Crippen molar-refractivity contribution < 1.29 is 14.7 Å². The smallest absolute Gasteiger partial charge is 0.323 e. The Morgan fingerprint density at radius 3 is 1.58 bits per heavy atom. The molecule has 0 aromatic carbocycles. The standard InChI is InChI=1S/C14H29NO.C7H15NO2/c1-2-3-4-5-6-7-8-9-10-11-12-13-14(15)16;1-4-5-8-7(2,3)6(9)10/h2-13H2,1H3,(H2,15,16);8H,4-5H2,1-3H3,(H,9,10). The van der Waals surface area contributed by atoms with Gasteiger partial charge >= 0.3 is 5.97 Å². The second-order valence-corrected chi connectivity index (χ2v) is 7.61. The fraction of sp³-hybridized carbons (Fsp3) is 0.905. The maximum Gasteiger partial charge on any atom is 0.323 e. The molecule has 0 aromatic rings. The number of amides is 1. The molecule has 5 heteroatoms. The van der Waals surface area contributed by atoms with E-state index in [0.717, 1.165) is 19.4 Å². The lowest BCUT2D eigenvalue weighted by molar-refractivity contribution is -0.143. The third kappa shape index (κ3) is 20.9. The van der Waals surface area contributed by atoms with Crippen LogP contribution in [0.4, 0.5) is 0 Å². The average Bonchev–Trinajstić information content (AvgIpc) is 2.58. The fourth-order valence-electron chi connectivity index (χ4n) is 2.48. The van der Waals surface area contributed by atoms with Crippen LogP contribution in [0.5, 0.6) is 0 Å². The third-order valence-electron chi connectivity index (χ3n) is 4.38. The van der Waals surface area contributed by atoms with Crippen molar-refractivity contribution in [1.82, 2.24) is 5.32 Å². The number of rotatable bonds is 16. The molecule has 156 valence electrons. The molecule has 0 aliphatic heterocycles. The number of carbonyl (C=O) groups excluding carboxylic acids is 1. The van der Waals surface area contributed by atoms with Crippen molar-refractivity contribution in [2.45, 2.75) is 117 Å². The van der Waals surface area contributed by atoms with Gasteiger partial charge in [-0.05, 0) is 33.2 Å². The molecule has 1 amide bonds. The second kappa shape index (κ2) is 18.7. The number of carboxylic acids is 1. The number of nitrogens with one attached hydrogen (secondary N) is 1. The minimum absolute atomic E-state index is 0.157. The van der Waals surface area contributed by atoms with Gasteiger partial charge in [0.2, 0.25) is 5.91 Å². The molecule has 0 spiro atoms. The molecule has 4 N–H and O–H groups in total. The molecule has 0 unspecified atom stereocenters. The van der Waals surface area contributed by atoms with E-state index >= 15 is 0 Å². The van der Waals surface area contributed by atoms with E-state index in [9.17, 15) is 9.59 Å². The van der Waals surface area contributed by atoms with E-state index in [1.54, 1.807) is 13.8 Å². The number of hydrogen-bond acceptors (Lipinski definition) is 3. The number of nitrogens with two attached hydrogens (primary N) is 1. The van der Waals surface area contributed by atoms with E-state index < -0.39 is 11.5 Å².